The molecule has 0 aliphatic rings. The number of amides is 2. The summed E-state index contributed by atoms with van der Waals surface area (Å²) in [4.78, 5) is 27.8. The maximum absolute atomic E-state index is 13.2. The van der Waals surface area contributed by atoms with E-state index < -0.39 is 6.04 Å². The highest BCUT2D eigenvalue weighted by Gasteiger charge is 2.28. The van der Waals surface area contributed by atoms with E-state index in [9.17, 15) is 9.59 Å². The molecule has 33 heavy (non-hydrogen) atoms. The maximum Gasteiger partial charge on any atom is 0.261 e. The van der Waals surface area contributed by atoms with Crippen LogP contribution in [0.5, 0.6) is 5.75 Å². The molecule has 0 heterocycles. The van der Waals surface area contributed by atoms with Crippen LogP contribution in [0.1, 0.15) is 59.1 Å². The SMILES string of the molecule is CC[C@@H](C(=O)NCC(C)C)N(CCc1ccccc1)C(=O)COc1ccc(C(C)(C)C)cc1. The average molecular weight is 453 g/mol. The summed E-state index contributed by atoms with van der Waals surface area (Å²) < 4.78 is 5.82. The number of carbonyl (C=O) groups is 2. The quantitative estimate of drug-likeness (QED) is 0.523. The molecule has 0 unspecified atom stereocenters. The third-order valence-corrected chi connectivity index (χ3v) is 5.64. The Bertz CT molecular complexity index is 870. The lowest BCUT2D eigenvalue weighted by Crippen LogP contribution is -2.51. The highest BCUT2D eigenvalue weighted by molar-refractivity contribution is 5.88. The Morgan fingerprint density at radius 2 is 1.64 bits per heavy atom. The van der Waals surface area contributed by atoms with Crippen molar-refractivity contribution in [3.05, 3.63) is 65.7 Å². The minimum atomic E-state index is -0.521. The molecular formula is C28H40N2O3. The number of nitrogens with zero attached hydrogens (tertiary/aromatic N) is 1. The van der Waals surface area contributed by atoms with E-state index in [1.54, 1.807) is 4.90 Å². The van der Waals surface area contributed by atoms with Crippen LogP contribution < -0.4 is 10.1 Å². The van der Waals surface area contributed by atoms with Crippen molar-refractivity contribution in [3.63, 3.8) is 0 Å². The second kappa shape index (κ2) is 12.4. The van der Waals surface area contributed by atoms with Gasteiger partial charge in [-0.05, 0) is 47.4 Å². The number of carbonyl (C=O) groups excluding carboxylic acids is 2. The summed E-state index contributed by atoms with van der Waals surface area (Å²) in [5, 5.41) is 2.99. The maximum atomic E-state index is 13.2. The van der Waals surface area contributed by atoms with Gasteiger partial charge in [0.05, 0.1) is 0 Å². The van der Waals surface area contributed by atoms with Gasteiger partial charge in [0.2, 0.25) is 5.91 Å². The normalized spacial score (nSPS) is 12.3. The van der Waals surface area contributed by atoms with Crippen LogP contribution in [-0.2, 0) is 21.4 Å². The predicted octanol–water partition coefficient (Wildman–Crippen LogP) is 4.99. The third-order valence-electron chi connectivity index (χ3n) is 5.64. The third kappa shape index (κ3) is 8.56. The molecule has 0 fully saturated rings. The summed E-state index contributed by atoms with van der Waals surface area (Å²) in [6.07, 6.45) is 1.23. The Hall–Kier alpha value is -2.82. The minimum absolute atomic E-state index is 0.0558. The van der Waals surface area contributed by atoms with Gasteiger partial charge in [-0.1, -0.05) is 84.0 Å². The summed E-state index contributed by atoms with van der Waals surface area (Å²) in [6.45, 7) is 13.5. The first kappa shape index (κ1) is 26.4. The second-order valence-corrected chi connectivity index (χ2v) is 9.95. The molecule has 2 rings (SSSR count). The molecule has 0 aliphatic carbocycles. The Morgan fingerprint density at radius 1 is 1.00 bits per heavy atom. The molecule has 2 aromatic carbocycles. The first-order valence-corrected chi connectivity index (χ1v) is 12.0. The molecule has 0 aliphatic heterocycles. The van der Waals surface area contributed by atoms with Gasteiger partial charge in [0.25, 0.3) is 5.91 Å². The average Bonchev–Trinajstić information content (AvgIpc) is 2.79. The molecule has 1 N–H and O–H groups in total. The van der Waals surface area contributed by atoms with E-state index >= 15 is 0 Å². The fourth-order valence-electron chi connectivity index (χ4n) is 3.60. The molecule has 0 spiro atoms. The summed E-state index contributed by atoms with van der Waals surface area (Å²) in [5.74, 6) is 0.704. The van der Waals surface area contributed by atoms with Crippen LogP contribution in [0.4, 0.5) is 0 Å². The van der Waals surface area contributed by atoms with Gasteiger partial charge in [-0.2, -0.15) is 0 Å². The van der Waals surface area contributed by atoms with E-state index in [1.807, 2.05) is 61.5 Å². The molecule has 180 valence electrons. The number of nitrogens with one attached hydrogen (secondary N) is 1. The molecule has 0 radical (unpaired) electrons. The minimum Gasteiger partial charge on any atom is -0.484 e. The molecule has 2 amide bonds. The monoisotopic (exact) mass is 452 g/mol. The van der Waals surface area contributed by atoms with Gasteiger partial charge in [0.15, 0.2) is 6.61 Å². The van der Waals surface area contributed by atoms with Crippen molar-refractivity contribution in [1.82, 2.24) is 10.2 Å². The van der Waals surface area contributed by atoms with Crippen LogP contribution in [0, 0.1) is 5.92 Å². The Balaban J connectivity index is 2.11. The van der Waals surface area contributed by atoms with Crippen molar-refractivity contribution >= 4 is 11.8 Å². The van der Waals surface area contributed by atoms with Gasteiger partial charge in [0, 0.05) is 13.1 Å². The van der Waals surface area contributed by atoms with Gasteiger partial charge >= 0.3 is 0 Å². The van der Waals surface area contributed by atoms with Gasteiger partial charge in [-0.15, -0.1) is 0 Å². The molecule has 0 bridgehead atoms. The van der Waals surface area contributed by atoms with Crippen LogP contribution in [0.25, 0.3) is 0 Å². The van der Waals surface area contributed by atoms with Crippen LogP contribution in [0.2, 0.25) is 0 Å². The summed E-state index contributed by atoms with van der Waals surface area (Å²) in [7, 11) is 0. The fraction of sp³-hybridized carbons (Fsp3) is 0.500. The lowest BCUT2D eigenvalue weighted by molar-refractivity contribution is -0.142. The number of benzene rings is 2. The number of rotatable bonds is 11. The lowest BCUT2D eigenvalue weighted by atomic mass is 9.87. The van der Waals surface area contributed by atoms with Gasteiger partial charge in [-0.3, -0.25) is 9.59 Å². The van der Waals surface area contributed by atoms with Crippen LogP contribution in [-0.4, -0.2) is 42.5 Å². The van der Waals surface area contributed by atoms with Gasteiger partial charge in [-0.25, -0.2) is 0 Å². The highest BCUT2D eigenvalue weighted by atomic mass is 16.5. The molecule has 1 atom stereocenters. The smallest absolute Gasteiger partial charge is 0.261 e. The van der Waals surface area contributed by atoms with Crippen molar-refractivity contribution in [3.8, 4) is 5.75 Å². The zero-order valence-corrected chi connectivity index (χ0v) is 21.1. The molecule has 0 saturated heterocycles. The van der Waals surface area contributed by atoms with Crippen molar-refractivity contribution in [1.29, 1.82) is 0 Å². The topological polar surface area (TPSA) is 58.6 Å². The summed E-state index contributed by atoms with van der Waals surface area (Å²) in [5.41, 5.74) is 2.39. The van der Waals surface area contributed by atoms with Crippen molar-refractivity contribution in [2.45, 2.75) is 65.8 Å². The predicted molar refractivity (Wildman–Crippen MR) is 134 cm³/mol. The van der Waals surface area contributed by atoms with Crippen molar-refractivity contribution in [2.24, 2.45) is 5.92 Å². The number of ether oxygens (including phenoxy) is 1. The first-order chi connectivity index (χ1) is 15.6. The number of hydrogen-bond donors (Lipinski definition) is 1. The van der Waals surface area contributed by atoms with Crippen LogP contribution in [0.15, 0.2) is 54.6 Å². The highest BCUT2D eigenvalue weighted by Crippen LogP contribution is 2.24. The van der Waals surface area contributed by atoms with Gasteiger partial charge in [0.1, 0.15) is 11.8 Å². The molecule has 5 nitrogen and oxygen atoms in total. The largest absolute Gasteiger partial charge is 0.484 e. The van der Waals surface area contributed by atoms with E-state index in [0.717, 1.165) is 5.56 Å². The summed E-state index contributed by atoms with van der Waals surface area (Å²) >= 11 is 0. The molecule has 2 aromatic rings. The van der Waals surface area contributed by atoms with Gasteiger partial charge < -0.3 is 15.0 Å². The lowest BCUT2D eigenvalue weighted by Gasteiger charge is -2.30. The molecule has 0 aromatic heterocycles. The van der Waals surface area contributed by atoms with E-state index in [2.05, 4.69) is 39.9 Å². The Morgan fingerprint density at radius 3 is 2.18 bits per heavy atom. The Labute approximate surface area is 199 Å². The second-order valence-electron chi connectivity index (χ2n) is 9.95. The fourth-order valence-corrected chi connectivity index (χ4v) is 3.60. The van der Waals surface area contributed by atoms with E-state index in [-0.39, 0.29) is 23.8 Å². The standard InChI is InChI=1S/C28H40N2O3/c1-7-25(27(32)29-19-21(2)3)30(18-17-22-11-9-8-10-12-22)26(31)20-33-24-15-13-23(14-16-24)28(4,5)6/h8-16,21,25H,7,17-20H2,1-6H3,(H,29,32)/t25-/m0/s1. The Kier molecular flexibility index (Phi) is 9.95. The van der Waals surface area contributed by atoms with E-state index in [1.165, 1.54) is 5.56 Å². The molecule has 5 heteroatoms. The van der Waals surface area contributed by atoms with Crippen LogP contribution in [0.3, 0.4) is 0 Å². The van der Waals surface area contributed by atoms with Crippen molar-refractivity contribution < 1.29 is 14.3 Å². The molecular weight excluding hydrogens is 412 g/mol. The number of hydrogen-bond acceptors (Lipinski definition) is 3. The van der Waals surface area contributed by atoms with E-state index in [0.29, 0.717) is 37.6 Å². The molecule has 0 saturated carbocycles. The zero-order chi connectivity index (χ0) is 24.4. The van der Waals surface area contributed by atoms with E-state index in [4.69, 9.17) is 4.74 Å². The van der Waals surface area contributed by atoms with Crippen LogP contribution >= 0.6 is 0 Å². The summed E-state index contributed by atoms with van der Waals surface area (Å²) in [6, 6.07) is 17.3. The zero-order valence-electron chi connectivity index (χ0n) is 21.1. The first-order valence-electron chi connectivity index (χ1n) is 12.0. The van der Waals surface area contributed by atoms with Crippen molar-refractivity contribution in [2.75, 3.05) is 19.7 Å².